The summed E-state index contributed by atoms with van der Waals surface area (Å²) in [6.07, 6.45) is 1.69. The third-order valence-corrected chi connectivity index (χ3v) is 7.14. The Balaban J connectivity index is 1.69. The molecule has 0 unspecified atom stereocenters. The van der Waals surface area contributed by atoms with Crippen molar-refractivity contribution in [3.8, 4) is 0 Å². The van der Waals surface area contributed by atoms with E-state index in [0.717, 1.165) is 12.3 Å². The number of alkyl carbamates (subject to hydrolysis) is 1. The normalized spacial score (nSPS) is 21.3. The van der Waals surface area contributed by atoms with E-state index in [2.05, 4.69) is 20.1 Å². The average molecular weight is 555 g/mol. The van der Waals surface area contributed by atoms with E-state index in [9.17, 15) is 18.0 Å². The standard InChI is InChI=1S/C23H19ClF4N6O2S/c1-36-22(35)30-10-23(28)9-16-17(15-4-6-34(32-15)21(26)27)18(13-3-2-12(25)8-14(13)24)31-19(33(16)11-23)20-29-5-7-37-20/h2-8,18,21H,9-11H2,1H3,(H,30,35)/t18-,23-/m0/s1. The maximum atomic E-state index is 16.2. The van der Waals surface area contributed by atoms with Crippen molar-refractivity contribution >= 4 is 40.4 Å². The number of nitrogens with one attached hydrogen (secondary N) is 1. The Morgan fingerprint density at radius 3 is 2.84 bits per heavy atom. The van der Waals surface area contributed by atoms with Crippen LogP contribution in [0, 0.1) is 5.82 Å². The monoisotopic (exact) mass is 554 g/mol. The van der Waals surface area contributed by atoms with Crippen LogP contribution in [0.15, 0.2) is 52.7 Å². The summed E-state index contributed by atoms with van der Waals surface area (Å²) in [7, 11) is 1.17. The molecule has 8 nitrogen and oxygen atoms in total. The largest absolute Gasteiger partial charge is 0.453 e. The second-order valence-electron chi connectivity index (χ2n) is 8.44. The molecule has 2 aliphatic heterocycles. The van der Waals surface area contributed by atoms with E-state index in [-0.39, 0.29) is 30.2 Å². The number of amides is 1. The fourth-order valence-electron chi connectivity index (χ4n) is 4.44. The molecule has 3 aromatic rings. The number of amidine groups is 1. The number of aliphatic imine (C=N–C) groups is 1. The van der Waals surface area contributed by atoms with Crippen LogP contribution in [0.1, 0.15) is 35.3 Å². The lowest BCUT2D eigenvalue weighted by Gasteiger charge is -2.32. The van der Waals surface area contributed by atoms with Gasteiger partial charge in [0.05, 0.1) is 25.9 Å². The van der Waals surface area contributed by atoms with E-state index in [0.29, 0.717) is 32.4 Å². The number of halogens is 5. The zero-order valence-corrected chi connectivity index (χ0v) is 20.7. The molecule has 5 rings (SSSR count). The Morgan fingerprint density at radius 2 is 2.19 bits per heavy atom. The van der Waals surface area contributed by atoms with Gasteiger partial charge in [-0.2, -0.15) is 13.9 Å². The van der Waals surface area contributed by atoms with E-state index in [4.69, 9.17) is 16.6 Å². The lowest BCUT2D eigenvalue weighted by atomic mass is 9.91. The zero-order chi connectivity index (χ0) is 26.3. The Labute approximate surface area is 217 Å². The molecule has 1 amide bonds. The smallest absolute Gasteiger partial charge is 0.406 e. The number of rotatable bonds is 6. The predicted octanol–water partition coefficient (Wildman–Crippen LogP) is 5.21. The number of carbonyl (C=O) groups excluding carboxylic acids is 1. The summed E-state index contributed by atoms with van der Waals surface area (Å²) < 4.78 is 61.9. The molecule has 0 radical (unpaired) electrons. The van der Waals surface area contributed by atoms with Gasteiger partial charge in [-0.1, -0.05) is 17.7 Å². The fraction of sp³-hybridized carbons (Fsp3) is 0.304. The number of thiazole rings is 1. The van der Waals surface area contributed by atoms with Crippen LogP contribution < -0.4 is 5.32 Å². The molecular weight excluding hydrogens is 536 g/mol. The Morgan fingerprint density at radius 1 is 1.38 bits per heavy atom. The maximum Gasteiger partial charge on any atom is 0.406 e. The van der Waals surface area contributed by atoms with Crippen LogP contribution in [-0.4, -0.2) is 57.5 Å². The summed E-state index contributed by atoms with van der Waals surface area (Å²) in [6, 6.07) is 4.24. The third-order valence-electron chi connectivity index (χ3n) is 6.04. The zero-order valence-electron chi connectivity index (χ0n) is 19.2. The molecule has 0 bridgehead atoms. The SMILES string of the molecule is COC(=O)NC[C@@]1(F)CC2=C(c3ccn(C(F)F)n3)[C@H](c3ccc(F)cc3Cl)N=C(c3nccs3)N2C1. The minimum atomic E-state index is -2.89. The van der Waals surface area contributed by atoms with Crippen molar-refractivity contribution in [2.75, 3.05) is 20.2 Å². The molecule has 37 heavy (non-hydrogen) atoms. The van der Waals surface area contributed by atoms with Crippen molar-refractivity contribution in [2.24, 2.45) is 4.99 Å². The van der Waals surface area contributed by atoms with Gasteiger partial charge in [0.2, 0.25) is 0 Å². The van der Waals surface area contributed by atoms with E-state index in [1.807, 2.05) is 0 Å². The van der Waals surface area contributed by atoms with Gasteiger partial charge >= 0.3 is 12.6 Å². The molecule has 194 valence electrons. The van der Waals surface area contributed by atoms with Crippen LogP contribution >= 0.6 is 22.9 Å². The highest BCUT2D eigenvalue weighted by Gasteiger charge is 2.48. The van der Waals surface area contributed by atoms with E-state index in [1.165, 1.54) is 36.6 Å². The molecule has 0 aliphatic carbocycles. The fourth-order valence-corrected chi connectivity index (χ4v) is 5.35. The topological polar surface area (TPSA) is 84.6 Å². The van der Waals surface area contributed by atoms with Crippen LogP contribution in [0.25, 0.3) is 5.57 Å². The Hall–Kier alpha value is -3.45. The summed E-state index contributed by atoms with van der Waals surface area (Å²) in [5.41, 5.74) is -0.683. The van der Waals surface area contributed by atoms with Gasteiger partial charge in [-0.25, -0.2) is 23.2 Å². The molecule has 14 heteroatoms. The highest BCUT2D eigenvalue weighted by Crippen LogP contribution is 2.48. The first-order valence-electron chi connectivity index (χ1n) is 11.0. The summed E-state index contributed by atoms with van der Waals surface area (Å²) in [5, 5.41) is 8.68. The van der Waals surface area contributed by atoms with E-state index in [1.54, 1.807) is 16.5 Å². The van der Waals surface area contributed by atoms with Gasteiger partial charge in [0, 0.05) is 46.1 Å². The minimum Gasteiger partial charge on any atom is -0.453 e. The summed E-state index contributed by atoms with van der Waals surface area (Å²) in [6.45, 7) is -3.46. The molecule has 0 spiro atoms. The lowest BCUT2D eigenvalue weighted by Crippen LogP contribution is -2.43. The molecular formula is C23H19ClF4N6O2S. The van der Waals surface area contributed by atoms with Gasteiger partial charge in [0.25, 0.3) is 0 Å². The first-order chi connectivity index (χ1) is 17.7. The Kier molecular flexibility index (Phi) is 6.67. The quantitative estimate of drug-likeness (QED) is 0.423. The van der Waals surface area contributed by atoms with Crippen molar-refractivity contribution in [2.45, 2.75) is 24.7 Å². The molecule has 1 fully saturated rings. The number of benzene rings is 1. The summed E-state index contributed by atoms with van der Waals surface area (Å²) in [5.74, 6) is -0.228. The predicted molar refractivity (Wildman–Crippen MR) is 129 cm³/mol. The first kappa shape index (κ1) is 25.2. The van der Waals surface area contributed by atoms with Crippen LogP contribution in [0.2, 0.25) is 5.02 Å². The van der Waals surface area contributed by atoms with Crippen LogP contribution in [0.3, 0.4) is 0 Å². The van der Waals surface area contributed by atoms with Crippen molar-refractivity contribution in [1.82, 2.24) is 25.0 Å². The molecule has 0 saturated carbocycles. The molecule has 2 aromatic heterocycles. The van der Waals surface area contributed by atoms with Gasteiger partial charge < -0.3 is 15.0 Å². The molecule has 1 N–H and O–H groups in total. The van der Waals surface area contributed by atoms with Gasteiger partial charge in [-0.15, -0.1) is 11.3 Å². The molecule has 1 saturated heterocycles. The first-order valence-corrected chi connectivity index (χ1v) is 12.2. The number of hydrogen-bond donors (Lipinski definition) is 1. The number of hydrogen-bond acceptors (Lipinski definition) is 7. The second kappa shape index (κ2) is 9.78. The van der Waals surface area contributed by atoms with Crippen molar-refractivity contribution in [1.29, 1.82) is 0 Å². The number of aromatic nitrogens is 3. The number of fused-ring (bicyclic) bond motifs is 1. The number of ether oxygens (including phenoxy) is 1. The molecule has 2 aliphatic rings. The van der Waals surface area contributed by atoms with Gasteiger partial charge in [0.1, 0.15) is 11.9 Å². The average Bonchev–Trinajstić information content (AvgIpc) is 3.62. The number of allylic oxidation sites excluding steroid dienone is 1. The Bertz CT molecular complexity index is 1400. The number of alkyl halides is 3. The molecule has 4 heterocycles. The summed E-state index contributed by atoms with van der Waals surface area (Å²) >= 11 is 7.68. The number of carbonyl (C=O) groups is 1. The highest BCUT2D eigenvalue weighted by molar-refractivity contribution is 7.11. The maximum absolute atomic E-state index is 16.2. The molecule has 2 atom stereocenters. The third kappa shape index (κ3) is 4.80. The van der Waals surface area contributed by atoms with Gasteiger partial charge in [-0.05, 0) is 18.2 Å². The van der Waals surface area contributed by atoms with Crippen molar-refractivity contribution < 1.29 is 27.1 Å². The molecule has 1 aromatic carbocycles. The van der Waals surface area contributed by atoms with Crippen LogP contribution in [0.4, 0.5) is 22.4 Å². The highest BCUT2D eigenvalue weighted by atomic mass is 35.5. The van der Waals surface area contributed by atoms with E-state index < -0.39 is 30.2 Å². The van der Waals surface area contributed by atoms with E-state index >= 15 is 4.39 Å². The van der Waals surface area contributed by atoms with Crippen molar-refractivity contribution in [3.63, 3.8) is 0 Å². The van der Waals surface area contributed by atoms with Gasteiger partial charge in [-0.3, -0.25) is 4.99 Å². The van der Waals surface area contributed by atoms with Gasteiger partial charge in [0.15, 0.2) is 16.5 Å². The minimum absolute atomic E-state index is 0.0592. The van der Waals surface area contributed by atoms with Crippen LogP contribution in [-0.2, 0) is 4.74 Å². The summed E-state index contributed by atoms with van der Waals surface area (Å²) in [4.78, 5) is 22.4. The lowest BCUT2D eigenvalue weighted by molar-refractivity contribution is 0.0564. The second-order valence-corrected chi connectivity index (χ2v) is 9.74. The number of nitrogens with zero attached hydrogens (tertiary/aromatic N) is 5. The number of methoxy groups -OCH3 is 1. The van der Waals surface area contributed by atoms with Crippen molar-refractivity contribution in [3.05, 3.63) is 74.8 Å². The van der Waals surface area contributed by atoms with Crippen LogP contribution in [0.5, 0.6) is 0 Å².